The molecule has 3 aromatic rings. The van der Waals surface area contributed by atoms with Crippen LogP contribution in [0.1, 0.15) is 92.1 Å². The fourth-order valence-electron chi connectivity index (χ4n) is 5.28. The molecule has 10 heteroatoms. The van der Waals surface area contributed by atoms with Gasteiger partial charge in [0.15, 0.2) is 34.7 Å². The highest BCUT2D eigenvalue weighted by Crippen LogP contribution is 2.43. The number of benzene rings is 3. The second kappa shape index (κ2) is 14.0. The smallest absolute Gasteiger partial charge is 0.346 e. The summed E-state index contributed by atoms with van der Waals surface area (Å²) in [5.74, 6) is -11.1. The van der Waals surface area contributed by atoms with Gasteiger partial charge >= 0.3 is 5.97 Å². The molecule has 4 rings (SSSR count). The predicted octanol–water partition coefficient (Wildman–Crippen LogP) is 9.15. The Morgan fingerprint density at radius 1 is 0.643 bits per heavy atom. The van der Waals surface area contributed by atoms with Crippen LogP contribution in [-0.4, -0.2) is 19.2 Å². The summed E-state index contributed by atoms with van der Waals surface area (Å²) in [6.07, 6.45) is 3.98. The lowest BCUT2D eigenvalue weighted by Crippen LogP contribution is -2.17. The van der Waals surface area contributed by atoms with E-state index in [0.717, 1.165) is 31.0 Å². The number of hydrogen-bond acceptors (Lipinski definition) is 4. The summed E-state index contributed by atoms with van der Waals surface area (Å²) < 4.78 is 103. The summed E-state index contributed by atoms with van der Waals surface area (Å²) in [5, 5.41) is 0. The normalized spacial score (nSPS) is 16.8. The first-order valence-corrected chi connectivity index (χ1v) is 14.1. The SMILES string of the molecule is CCCCCOc1ccc(OC(=O)c2ccc(C3CCC(c4ccc(OCC)c(F)c4F)CC3)c(F)c2F)c(F)c1F. The lowest BCUT2D eigenvalue weighted by molar-refractivity contribution is 0.0720. The average Bonchev–Trinajstić information content (AvgIpc) is 2.98. The number of rotatable bonds is 11. The highest BCUT2D eigenvalue weighted by molar-refractivity contribution is 5.91. The largest absolute Gasteiger partial charge is 0.491 e. The van der Waals surface area contributed by atoms with Crippen molar-refractivity contribution >= 4 is 5.97 Å². The summed E-state index contributed by atoms with van der Waals surface area (Å²) in [4.78, 5) is 12.6. The van der Waals surface area contributed by atoms with E-state index in [-0.39, 0.29) is 41.8 Å². The van der Waals surface area contributed by atoms with Crippen LogP contribution in [0.4, 0.5) is 26.3 Å². The minimum atomic E-state index is -1.49. The highest BCUT2D eigenvalue weighted by atomic mass is 19.2. The minimum Gasteiger partial charge on any atom is -0.491 e. The van der Waals surface area contributed by atoms with Crippen LogP contribution in [0.3, 0.4) is 0 Å². The number of unbranched alkanes of at least 4 members (excludes halogenated alkanes) is 2. The Morgan fingerprint density at radius 3 is 1.76 bits per heavy atom. The van der Waals surface area contributed by atoms with Crippen molar-refractivity contribution in [3.8, 4) is 17.2 Å². The zero-order chi connectivity index (χ0) is 30.4. The van der Waals surface area contributed by atoms with Crippen LogP contribution >= 0.6 is 0 Å². The summed E-state index contributed by atoms with van der Waals surface area (Å²) in [7, 11) is 0. The van der Waals surface area contributed by atoms with Gasteiger partial charge in [0, 0.05) is 0 Å². The van der Waals surface area contributed by atoms with Gasteiger partial charge in [-0.25, -0.2) is 18.0 Å². The van der Waals surface area contributed by atoms with E-state index in [2.05, 4.69) is 0 Å². The highest BCUT2D eigenvalue weighted by Gasteiger charge is 2.31. The molecule has 1 aliphatic rings. The summed E-state index contributed by atoms with van der Waals surface area (Å²) in [6, 6.07) is 7.22. The number of hydrogen-bond donors (Lipinski definition) is 0. The second-order valence-corrected chi connectivity index (χ2v) is 10.2. The Kier molecular flexibility index (Phi) is 10.4. The maximum absolute atomic E-state index is 15.1. The van der Waals surface area contributed by atoms with E-state index in [4.69, 9.17) is 14.2 Å². The van der Waals surface area contributed by atoms with Gasteiger partial charge in [-0.15, -0.1) is 0 Å². The quantitative estimate of drug-likeness (QED) is 0.0961. The Morgan fingerprint density at radius 2 is 1.14 bits per heavy atom. The van der Waals surface area contributed by atoms with E-state index in [1.165, 1.54) is 18.2 Å². The molecule has 0 N–H and O–H groups in total. The molecule has 0 aliphatic heterocycles. The molecular formula is C32H32F6O4. The molecule has 0 aromatic heterocycles. The second-order valence-electron chi connectivity index (χ2n) is 10.2. The van der Waals surface area contributed by atoms with Crippen LogP contribution in [0.25, 0.3) is 0 Å². The molecule has 0 spiro atoms. The maximum atomic E-state index is 15.1. The van der Waals surface area contributed by atoms with Gasteiger partial charge in [-0.2, -0.15) is 13.2 Å². The van der Waals surface area contributed by atoms with Crippen LogP contribution in [-0.2, 0) is 0 Å². The van der Waals surface area contributed by atoms with Crippen LogP contribution in [0.5, 0.6) is 17.2 Å². The number of carbonyl (C=O) groups is 1. The molecular weight excluding hydrogens is 562 g/mol. The zero-order valence-electron chi connectivity index (χ0n) is 23.4. The Hall–Kier alpha value is -3.69. The van der Waals surface area contributed by atoms with Crippen LogP contribution in [0.15, 0.2) is 36.4 Å². The van der Waals surface area contributed by atoms with Gasteiger partial charge in [-0.1, -0.05) is 31.9 Å². The fourth-order valence-corrected chi connectivity index (χ4v) is 5.28. The van der Waals surface area contributed by atoms with Gasteiger partial charge in [-0.05, 0) is 86.3 Å². The average molecular weight is 595 g/mol. The molecule has 0 heterocycles. The van der Waals surface area contributed by atoms with Crippen molar-refractivity contribution in [2.24, 2.45) is 0 Å². The van der Waals surface area contributed by atoms with E-state index in [1.54, 1.807) is 6.92 Å². The van der Waals surface area contributed by atoms with Gasteiger partial charge in [-0.3, -0.25) is 0 Å². The maximum Gasteiger partial charge on any atom is 0.346 e. The van der Waals surface area contributed by atoms with E-state index in [0.29, 0.717) is 32.1 Å². The monoisotopic (exact) mass is 594 g/mol. The third-order valence-corrected chi connectivity index (χ3v) is 7.54. The third-order valence-electron chi connectivity index (χ3n) is 7.54. The fraction of sp³-hybridized carbons (Fsp3) is 0.406. The Balaban J connectivity index is 1.42. The summed E-state index contributed by atoms with van der Waals surface area (Å²) >= 11 is 0. The van der Waals surface area contributed by atoms with Crippen molar-refractivity contribution in [1.29, 1.82) is 0 Å². The van der Waals surface area contributed by atoms with Crippen molar-refractivity contribution < 1.29 is 45.3 Å². The molecule has 0 radical (unpaired) electrons. The third kappa shape index (κ3) is 6.68. The first-order chi connectivity index (χ1) is 20.2. The standard InChI is InChI=1S/C32H32F6O4/c1-3-5-6-17-41-24-15-16-25(31(38)30(24)37)42-32(39)22-12-11-20(26(33)28(22)35)18-7-9-19(10-8-18)21-13-14-23(40-4-2)29(36)27(21)34/h11-16,18-19H,3-10,17H2,1-2H3. The number of carbonyl (C=O) groups excluding carboxylic acids is 1. The van der Waals surface area contributed by atoms with Crippen molar-refractivity contribution in [1.82, 2.24) is 0 Å². The molecule has 0 amide bonds. The van der Waals surface area contributed by atoms with E-state index in [9.17, 15) is 26.7 Å². The topological polar surface area (TPSA) is 44.8 Å². The van der Waals surface area contributed by atoms with Gasteiger partial charge in [0.2, 0.25) is 17.5 Å². The molecule has 0 saturated heterocycles. The molecule has 0 bridgehead atoms. The van der Waals surface area contributed by atoms with Gasteiger partial charge in [0.25, 0.3) is 0 Å². The molecule has 226 valence electrons. The van der Waals surface area contributed by atoms with Gasteiger partial charge < -0.3 is 14.2 Å². The van der Waals surface area contributed by atoms with Crippen molar-refractivity contribution in [2.75, 3.05) is 13.2 Å². The lowest BCUT2D eigenvalue weighted by atomic mass is 9.75. The molecule has 3 aromatic carbocycles. The summed E-state index contributed by atoms with van der Waals surface area (Å²) in [5.41, 5.74) is -0.543. The van der Waals surface area contributed by atoms with Gasteiger partial charge in [0.1, 0.15) is 0 Å². The zero-order valence-corrected chi connectivity index (χ0v) is 23.4. The minimum absolute atomic E-state index is 0.0302. The molecule has 42 heavy (non-hydrogen) atoms. The number of esters is 1. The lowest BCUT2D eigenvalue weighted by Gasteiger charge is -2.30. The van der Waals surface area contributed by atoms with Crippen LogP contribution in [0, 0.1) is 34.9 Å². The van der Waals surface area contributed by atoms with E-state index >= 15 is 4.39 Å². The van der Waals surface area contributed by atoms with Gasteiger partial charge in [0.05, 0.1) is 18.8 Å². The van der Waals surface area contributed by atoms with Crippen LogP contribution < -0.4 is 14.2 Å². The van der Waals surface area contributed by atoms with Crippen molar-refractivity contribution in [3.63, 3.8) is 0 Å². The number of halogens is 6. The van der Waals surface area contributed by atoms with Crippen molar-refractivity contribution in [3.05, 3.63) is 88.0 Å². The molecule has 4 nitrogen and oxygen atoms in total. The summed E-state index contributed by atoms with van der Waals surface area (Å²) in [6.45, 7) is 4.01. The molecule has 1 fully saturated rings. The van der Waals surface area contributed by atoms with E-state index < -0.39 is 58.1 Å². The molecule has 0 atom stereocenters. The Labute approximate surface area is 240 Å². The number of ether oxygens (including phenoxy) is 3. The molecule has 0 unspecified atom stereocenters. The molecule has 1 aliphatic carbocycles. The van der Waals surface area contributed by atoms with Crippen LogP contribution in [0.2, 0.25) is 0 Å². The van der Waals surface area contributed by atoms with Crippen molar-refractivity contribution in [2.45, 2.75) is 70.6 Å². The van der Waals surface area contributed by atoms with E-state index in [1.807, 2.05) is 6.92 Å². The first kappa shape index (κ1) is 31.3. The first-order valence-electron chi connectivity index (χ1n) is 14.1. The predicted molar refractivity (Wildman–Crippen MR) is 144 cm³/mol. The Bertz CT molecular complexity index is 1420. The molecule has 1 saturated carbocycles.